The first-order chi connectivity index (χ1) is 8.61. The molecule has 5 nitrogen and oxygen atoms in total. The molecule has 0 aromatic heterocycles. The summed E-state index contributed by atoms with van der Waals surface area (Å²) >= 11 is 0. The first kappa shape index (κ1) is 12.4. The van der Waals surface area contributed by atoms with Gasteiger partial charge in [0.05, 0.1) is 12.5 Å². The third kappa shape index (κ3) is 2.45. The van der Waals surface area contributed by atoms with Gasteiger partial charge < -0.3 is 14.7 Å². The van der Waals surface area contributed by atoms with Gasteiger partial charge in [0.1, 0.15) is 5.75 Å². The molecule has 0 bridgehead atoms. The molecular formula is C13H15NO4. The number of benzene rings is 1. The molecule has 5 heteroatoms. The summed E-state index contributed by atoms with van der Waals surface area (Å²) in [6, 6.07) is 6.34. The molecule has 96 valence electrons. The van der Waals surface area contributed by atoms with Crippen LogP contribution >= 0.6 is 0 Å². The lowest BCUT2D eigenvalue weighted by atomic mass is 10.1. The SMILES string of the molecule is CCOC(=O)[C@@H]1CC(=O)N(c2ccc(O)cc2)C1. The Labute approximate surface area is 105 Å². The van der Waals surface area contributed by atoms with Gasteiger partial charge in [0.25, 0.3) is 0 Å². The lowest BCUT2D eigenvalue weighted by molar-refractivity contribution is -0.147. The Morgan fingerprint density at radius 3 is 2.72 bits per heavy atom. The fourth-order valence-corrected chi connectivity index (χ4v) is 2.01. The molecule has 1 atom stereocenters. The van der Waals surface area contributed by atoms with Crippen LogP contribution in [-0.2, 0) is 14.3 Å². The number of hydrogen-bond acceptors (Lipinski definition) is 4. The van der Waals surface area contributed by atoms with E-state index in [4.69, 9.17) is 4.74 Å². The molecule has 0 radical (unpaired) electrons. The predicted molar refractivity (Wildman–Crippen MR) is 65.2 cm³/mol. The number of ether oxygens (including phenoxy) is 1. The molecule has 1 amide bonds. The van der Waals surface area contributed by atoms with E-state index in [1.807, 2.05) is 0 Å². The highest BCUT2D eigenvalue weighted by atomic mass is 16.5. The quantitative estimate of drug-likeness (QED) is 0.820. The van der Waals surface area contributed by atoms with Gasteiger partial charge in [-0.3, -0.25) is 9.59 Å². The van der Waals surface area contributed by atoms with Gasteiger partial charge in [0, 0.05) is 18.7 Å². The zero-order valence-electron chi connectivity index (χ0n) is 10.1. The normalized spacial score (nSPS) is 19.1. The Balaban J connectivity index is 2.10. The first-order valence-electron chi connectivity index (χ1n) is 5.88. The van der Waals surface area contributed by atoms with Gasteiger partial charge >= 0.3 is 5.97 Å². The zero-order valence-corrected chi connectivity index (χ0v) is 10.1. The summed E-state index contributed by atoms with van der Waals surface area (Å²) in [4.78, 5) is 25.0. The number of anilines is 1. The Morgan fingerprint density at radius 1 is 1.44 bits per heavy atom. The summed E-state index contributed by atoms with van der Waals surface area (Å²) in [5.41, 5.74) is 0.685. The summed E-state index contributed by atoms with van der Waals surface area (Å²) in [5, 5.41) is 9.20. The summed E-state index contributed by atoms with van der Waals surface area (Å²) in [7, 11) is 0. The average molecular weight is 249 g/mol. The highest BCUT2D eigenvalue weighted by Gasteiger charge is 2.35. The van der Waals surface area contributed by atoms with Crippen LogP contribution in [0.5, 0.6) is 5.75 Å². The second-order valence-electron chi connectivity index (χ2n) is 4.17. The van der Waals surface area contributed by atoms with Crippen LogP contribution in [-0.4, -0.2) is 30.1 Å². The Hall–Kier alpha value is -2.04. The van der Waals surface area contributed by atoms with Gasteiger partial charge in [-0.15, -0.1) is 0 Å². The molecular weight excluding hydrogens is 234 g/mol. The number of phenols is 1. The van der Waals surface area contributed by atoms with E-state index in [0.29, 0.717) is 18.8 Å². The van der Waals surface area contributed by atoms with Gasteiger partial charge in [0.15, 0.2) is 0 Å². The standard InChI is InChI=1S/C13H15NO4/c1-2-18-13(17)9-7-12(16)14(8-9)10-3-5-11(15)6-4-10/h3-6,9,15H,2,7-8H2,1H3/t9-/m1/s1. The molecule has 0 aliphatic carbocycles. The molecule has 1 aliphatic heterocycles. The molecule has 1 N–H and O–H groups in total. The van der Waals surface area contributed by atoms with Gasteiger partial charge in [-0.25, -0.2) is 0 Å². The van der Waals surface area contributed by atoms with Crippen molar-refractivity contribution in [2.75, 3.05) is 18.1 Å². The number of aromatic hydroxyl groups is 1. The van der Waals surface area contributed by atoms with Gasteiger partial charge in [-0.05, 0) is 31.2 Å². The van der Waals surface area contributed by atoms with Crippen molar-refractivity contribution in [3.63, 3.8) is 0 Å². The van der Waals surface area contributed by atoms with E-state index in [1.165, 1.54) is 12.1 Å². The number of esters is 1. The van der Waals surface area contributed by atoms with Crippen molar-refractivity contribution in [1.29, 1.82) is 0 Å². The maximum Gasteiger partial charge on any atom is 0.311 e. The van der Waals surface area contributed by atoms with E-state index < -0.39 is 5.92 Å². The second kappa shape index (κ2) is 5.08. The molecule has 1 aromatic carbocycles. The van der Waals surface area contributed by atoms with Crippen molar-refractivity contribution in [2.24, 2.45) is 5.92 Å². The van der Waals surface area contributed by atoms with E-state index in [2.05, 4.69) is 0 Å². The number of carbonyl (C=O) groups is 2. The van der Waals surface area contributed by atoms with Crippen LogP contribution in [0.15, 0.2) is 24.3 Å². The number of rotatable bonds is 3. The summed E-state index contributed by atoms with van der Waals surface area (Å²) in [5.74, 6) is -0.676. The van der Waals surface area contributed by atoms with E-state index >= 15 is 0 Å². The number of phenolic OH excluding ortho intramolecular Hbond substituents is 1. The lowest BCUT2D eigenvalue weighted by Crippen LogP contribution is -2.26. The van der Waals surface area contributed by atoms with Crippen molar-refractivity contribution in [2.45, 2.75) is 13.3 Å². The van der Waals surface area contributed by atoms with Crippen molar-refractivity contribution < 1.29 is 19.4 Å². The average Bonchev–Trinajstić information content (AvgIpc) is 2.73. The van der Waals surface area contributed by atoms with Crippen molar-refractivity contribution >= 4 is 17.6 Å². The van der Waals surface area contributed by atoms with Crippen molar-refractivity contribution in [1.82, 2.24) is 0 Å². The fourth-order valence-electron chi connectivity index (χ4n) is 2.01. The minimum atomic E-state index is -0.397. The highest BCUT2D eigenvalue weighted by molar-refractivity contribution is 5.99. The molecule has 2 rings (SSSR count). The molecule has 1 fully saturated rings. The van der Waals surface area contributed by atoms with Crippen LogP contribution in [0.25, 0.3) is 0 Å². The topological polar surface area (TPSA) is 66.8 Å². The van der Waals surface area contributed by atoms with E-state index in [1.54, 1.807) is 24.0 Å². The van der Waals surface area contributed by atoms with E-state index in [-0.39, 0.29) is 24.0 Å². The molecule has 1 aliphatic rings. The molecule has 0 spiro atoms. The largest absolute Gasteiger partial charge is 0.508 e. The Bertz CT molecular complexity index is 455. The number of hydrogen-bond donors (Lipinski definition) is 1. The van der Waals surface area contributed by atoms with Crippen LogP contribution in [0, 0.1) is 5.92 Å². The van der Waals surface area contributed by atoms with Gasteiger partial charge in [0.2, 0.25) is 5.91 Å². The zero-order chi connectivity index (χ0) is 13.1. The fraction of sp³-hybridized carbons (Fsp3) is 0.385. The van der Waals surface area contributed by atoms with Crippen LogP contribution in [0.1, 0.15) is 13.3 Å². The molecule has 1 heterocycles. The smallest absolute Gasteiger partial charge is 0.311 e. The van der Waals surface area contributed by atoms with Gasteiger partial charge in [-0.1, -0.05) is 0 Å². The predicted octanol–water partition coefficient (Wildman–Crippen LogP) is 1.31. The number of nitrogens with zero attached hydrogens (tertiary/aromatic N) is 1. The third-order valence-electron chi connectivity index (χ3n) is 2.91. The summed E-state index contributed by atoms with van der Waals surface area (Å²) in [6.45, 7) is 2.40. The molecule has 18 heavy (non-hydrogen) atoms. The maximum absolute atomic E-state index is 11.8. The first-order valence-corrected chi connectivity index (χ1v) is 5.88. The summed E-state index contributed by atoms with van der Waals surface area (Å²) in [6.07, 6.45) is 0.180. The van der Waals surface area contributed by atoms with Crippen LogP contribution < -0.4 is 4.90 Å². The third-order valence-corrected chi connectivity index (χ3v) is 2.91. The van der Waals surface area contributed by atoms with Crippen molar-refractivity contribution in [3.8, 4) is 5.75 Å². The molecule has 0 saturated carbocycles. The van der Waals surface area contributed by atoms with E-state index in [0.717, 1.165) is 0 Å². The second-order valence-corrected chi connectivity index (χ2v) is 4.17. The minimum Gasteiger partial charge on any atom is -0.508 e. The molecule has 1 aromatic rings. The van der Waals surface area contributed by atoms with Gasteiger partial charge in [-0.2, -0.15) is 0 Å². The van der Waals surface area contributed by atoms with Crippen LogP contribution in [0.4, 0.5) is 5.69 Å². The maximum atomic E-state index is 11.8. The lowest BCUT2D eigenvalue weighted by Gasteiger charge is -2.16. The van der Waals surface area contributed by atoms with Crippen LogP contribution in [0.2, 0.25) is 0 Å². The minimum absolute atomic E-state index is 0.0984. The Kier molecular flexibility index (Phi) is 3.50. The molecule has 0 unspecified atom stereocenters. The number of amides is 1. The monoisotopic (exact) mass is 249 g/mol. The van der Waals surface area contributed by atoms with E-state index in [9.17, 15) is 14.7 Å². The Morgan fingerprint density at radius 2 is 2.11 bits per heavy atom. The van der Waals surface area contributed by atoms with Crippen molar-refractivity contribution in [3.05, 3.63) is 24.3 Å². The number of carbonyl (C=O) groups excluding carboxylic acids is 2. The molecule has 1 saturated heterocycles. The summed E-state index contributed by atoms with van der Waals surface area (Å²) < 4.78 is 4.92. The van der Waals surface area contributed by atoms with Crippen LogP contribution in [0.3, 0.4) is 0 Å². The highest BCUT2D eigenvalue weighted by Crippen LogP contribution is 2.27.